The van der Waals surface area contributed by atoms with Gasteiger partial charge in [-0.2, -0.15) is 0 Å². The van der Waals surface area contributed by atoms with Crippen molar-refractivity contribution in [2.45, 2.75) is 3.12 Å². The molecule has 1 rings (SSSR count). The van der Waals surface area contributed by atoms with Gasteiger partial charge in [-0.1, -0.05) is 34.8 Å². The molecular formula is C2H4Cl3NS. The van der Waals surface area contributed by atoms with Crippen molar-refractivity contribution in [2.75, 3.05) is 5.88 Å². The molecule has 1 nitrogen and oxygen atoms in total. The molecule has 0 saturated carbocycles. The van der Waals surface area contributed by atoms with Gasteiger partial charge in [0.15, 0.2) is 0 Å². The highest BCUT2D eigenvalue weighted by molar-refractivity contribution is 8.25. The van der Waals surface area contributed by atoms with Crippen LogP contribution in [0, 0.1) is 0 Å². The molecule has 1 aliphatic rings. The Bertz CT molecular complexity index is 75.5. The van der Waals surface area contributed by atoms with Crippen LogP contribution in [0.15, 0.2) is 0 Å². The minimum Gasteiger partial charge on any atom is -0.269 e. The van der Waals surface area contributed by atoms with Crippen LogP contribution in [0.1, 0.15) is 0 Å². The Kier molecular flexibility index (Phi) is 1.66. The van der Waals surface area contributed by atoms with Gasteiger partial charge < -0.3 is 0 Å². The number of hydrogen-bond donors (Lipinski definition) is 2. The van der Waals surface area contributed by atoms with Crippen LogP contribution in [0.2, 0.25) is 0 Å². The van der Waals surface area contributed by atoms with E-state index in [1.807, 2.05) is 0 Å². The van der Waals surface area contributed by atoms with E-state index < -0.39 is 14.2 Å². The highest BCUT2D eigenvalue weighted by atomic mass is 35.6. The molecule has 0 spiro atoms. The molecular weight excluding hydrogens is 176 g/mol. The summed E-state index contributed by atoms with van der Waals surface area (Å²) >= 11 is 15.8. The van der Waals surface area contributed by atoms with Crippen LogP contribution < -0.4 is 4.72 Å². The third kappa shape index (κ3) is 1.86. The molecule has 5 heteroatoms. The smallest absolute Gasteiger partial charge is 0.232 e. The van der Waals surface area contributed by atoms with E-state index in [-0.39, 0.29) is 0 Å². The van der Waals surface area contributed by atoms with Gasteiger partial charge >= 0.3 is 0 Å². The molecule has 0 radical (unpaired) electrons. The topological polar surface area (TPSA) is 21.9 Å². The van der Waals surface area contributed by atoms with E-state index in [4.69, 9.17) is 34.8 Å². The lowest BCUT2D eigenvalue weighted by molar-refractivity contribution is 1.41. The van der Waals surface area contributed by atoms with E-state index in [0.717, 1.165) is 5.88 Å². The first-order valence-electron chi connectivity index (χ1n) is 1.68. The van der Waals surface area contributed by atoms with Crippen molar-refractivity contribution >= 4 is 45.9 Å². The lowest BCUT2D eigenvalue weighted by Crippen LogP contribution is -1.93. The normalized spacial score (nSPS) is 35.6. The number of alkyl halides is 3. The second-order valence-electron chi connectivity index (χ2n) is 1.21. The van der Waals surface area contributed by atoms with E-state index in [9.17, 15) is 0 Å². The largest absolute Gasteiger partial charge is 0.269 e. The molecule has 1 fully saturated rings. The van der Waals surface area contributed by atoms with Crippen LogP contribution in [-0.2, 0) is 0 Å². The number of rotatable bonds is 0. The molecule has 1 saturated heterocycles. The van der Waals surface area contributed by atoms with Crippen molar-refractivity contribution in [3.05, 3.63) is 0 Å². The van der Waals surface area contributed by atoms with Gasteiger partial charge in [0, 0.05) is 5.88 Å². The summed E-state index contributed by atoms with van der Waals surface area (Å²) in [6, 6.07) is 0. The maximum Gasteiger partial charge on any atom is 0.232 e. The van der Waals surface area contributed by atoms with Gasteiger partial charge in [0.1, 0.15) is 0 Å². The third-order valence-electron chi connectivity index (χ3n) is 0.622. The highest BCUT2D eigenvalue weighted by Crippen LogP contribution is 2.55. The molecule has 0 amide bonds. The van der Waals surface area contributed by atoms with Crippen LogP contribution >= 0.6 is 45.9 Å². The number of thiol groups is 1. The molecule has 1 heterocycles. The monoisotopic (exact) mass is 179 g/mol. The Morgan fingerprint density at radius 2 is 1.86 bits per heavy atom. The third-order valence-corrected chi connectivity index (χ3v) is 3.70. The van der Waals surface area contributed by atoms with Crippen molar-refractivity contribution in [2.24, 2.45) is 0 Å². The predicted molar refractivity (Wildman–Crippen MR) is 37.3 cm³/mol. The lowest BCUT2D eigenvalue weighted by Gasteiger charge is -2.07. The zero-order valence-electron chi connectivity index (χ0n) is 3.29. The Balaban J connectivity index is 2.36. The maximum atomic E-state index is 5.43. The first kappa shape index (κ1) is 6.30. The molecule has 0 aromatic rings. The zero-order valence-corrected chi connectivity index (χ0v) is 6.45. The number of hydrogen-bond acceptors (Lipinski definition) is 1. The van der Waals surface area contributed by atoms with Crippen molar-refractivity contribution in [1.82, 2.24) is 4.72 Å². The summed E-state index contributed by atoms with van der Waals surface area (Å²) in [5.74, 6) is 0.895. The molecule has 1 aliphatic heterocycles. The minimum absolute atomic E-state index is 0.445. The predicted octanol–water partition coefficient (Wildman–Crippen LogP) is 1.79. The summed E-state index contributed by atoms with van der Waals surface area (Å²) in [5, 5.41) is 0. The van der Waals surface area contributed by atoms with E-state index in [1.54, 1.807) is 0 Å². The minimum atomic E-state index is -1.02. The summed E-state index contributed by atoms with van der Waals surface area (Å²) in [6.07, 6.45) is 0. The fourth-order valence-corrected chi connectivity index (χ4v) is 1.93. The average Bonchev–Trinajstić information content (AvgIpc) is 1.99. The molecule has 1 atom stereocenters. The van der Waals surface area contributed by atoms with Gasteiger partial charge in [-0.25, -0.2) is 0 Å². The fraction of sp³-hybridized carbons (Fsp3) is 1.00. The zero-order chi connectivity index (χ0) is 5.49. The fourth-order valence-electron chi connectivity index (χ4n) is 0.215. The summed E-state index contributed by atoms with van der Waals surface area (Å²) in [4.78, 5) is 0. The Morgan fingerprint density at radius 1 is 1.43 bits per heavy atom. The lowest BCUT2D eigenvalue weighted by atomic mass is 11.6. The van der Waals surface area contributed by atoms with Gasteiger partial charge in [-0.3, -0.25) is 4.72 Å². The molecule has 0 bridgehead atoms. The first-order chi connectivity index (χ1) is 3.11. The molecule has 44 valence electrons. The molecule has 7 heavy (non-hydrogen) atoms. The van der Waals surface area contributed by atoms with Gasteiger partial charge in [-0.05, 0) is 0 Å². The van der Waals surface area contributed by atoms with Crippen molar-refractivity contribution in [3.63, 3.8) is 0 Å². The van der Waals surface area contributed by atoms with Crippen LogP contribution in [0.3, 0.4) is 0 Å². The average molecular weight is 180 g/mol. The van der Waals surface area contributed by atoms with Crippen LogP contribution in [0.4, 0.5) is 0 Å². The molecule has 0 aromatic heterocycles. The van der Waals surface area contributed by atoms with Crippen LogP contribution in [0.25, 0.3) is 0 Å². The van der Waals surface area contributed by atoms with Crippen LogP contribution in [0.5, 0.6) is 0 Å². The second kappa shape index (κ2) is 1.85. The number of halogens is 3. The van der Waals surface area contributed by atoms with Crippen molar-refractivity contribution < 1.29 is 0 Å². The molecule has 0 aliphatic carbocycles. The van der Waals surface area contributed by atoms with E-state index in [1.165, 1.54) is 0 Å². The van der Waals surface area contributed by atoms with Gasteiger partial charge in [-0.15, -0.1) is 11.1 Å². The Morgan fingerprint density at radius 3 is 1.86 bits per heavy atom. The van der Waals surface area contributed by atoms with E-state index >= 15 is 0 Å². The standard InChI is InChI=1S/C2H4Cl3NS/c3-2(4,5)7-1-6-7/h6-7H,1H2. The number of nitrogens with one attached hydrogen (secondary N) is 1. The van der Waals surface area contributed by atoms with Gasteiger partial charge in [0.2, 0.25) is 3.12 Å². The van der Waals surface area contributed by atoms with Gasteiger partial charge in [0.25, 0.3) is 0 Å². The van der Waals surface area contributed by atoms with Gasteiger partial charge in [0.05, 0.1) is 0 Å². The van der Waals surface area contributed by atoms with Crippen LogP contribution in [-0.4, -0.2) is 9.00 Å². The van der Waals surface area contributed by atoms with Crippen molar-refractivity contribution in [3.8, 4) is 0 Å². The Hall–Kier alpha value is 1.18. The highest BCUT2D eigenvalue weighted by Gasteiger charge is 2.36. The summed E-state index contributed by atoms with van der Waals surface area (Å²) in [5.41, 5.74) is 0. The molecule has 1 unspecified atom stereocenters. The first-order valence-corrected chi connectivity index (χ1v) is 4.34. The van der Waals surface area contributed by atoms with E-state index in [0.29, 0.717) is 0 Å². The molecule has 1 N–H and O–H groups in total. The second-order valence-corrected chi connectivity index (χ2v) is 6.44. The Labute approximate surface area is 59.8 Å². The summed E-state index contributed by atoms with van der Waals surface area (Å²) < 4.78 is 1.92. The maximum absolute atomic E-state index is 5.43. The van der Waals surface area contributed by atoms with E-state index in [2.05, 4.69) is 4.72 Å². The van der Waals surface area contributed by atoms with Crippen molar-refractivity contribution in [1.29, 1.82) is 0 Å². The quantitative estimate of drug-likeness (QED) is 0.331. The molecule has 0 aromatic carbocycles. The summed E-state index contributed by atoms with van der Waals surface area (Å²) in [6.45, 7) is 0. The summed E-state index contributed by atoms with van der Waals surface area (Å²) in [7, 11) is 0. The SMILES string of the molecule is ClC(Cl)(Cl)[SH]1CN1.